The highest BCUT2D eigenvalue weighted by Gasteiger charge is 1.75. The minimum atomic E-state index is 0.229. The van der Waals surface area contributed by atoms with Crippen LogP contribution in [0.2, 0.25) is 5.05 Å². The molecule has 0 aromatic heterocycles. The average Bonchev–Trinajstić information content (AvgIpc) is 1.86. The Labute approximate surface area is 75.4 Å². The third kappa shape index (κ3) is 26.9. The van der Waals surface area contributed by atoms with E-state index < -0.39 is 0 Å². The van der Waals surface area contributed by atoms with Crippen molar-refractivity contribution in [1.82, 2.24) is 0 Å². The lowest BCUT2D eigenvalue weighted by atomic mass is 10.2. The molecule has 0 aliphatic carbocycles. The van der Waals surface area contributed by atoms with Gasteiger partial charge in [0.05, 0.1) is 0 Å². The molecule has 54 valence electrons. The van der Waals surface area contributed by atoms with Gasteiger partial charge in [-0.2, -0.15) is 0 Å². The Morgan fingerprint density at radius 1 is 1.11 bits per heavy atom. The van der Waals surface area contributed by atoms with Crippen molar-refractivity contribution in [2.75, 3.05) is 0 Å². The zero-order valence-electron chi connectivity index (χ0n) is 6.91. The molecule has 0 atom stereocenters. The molecule has 0 saturated heterocycles. The van der Waals surface area contributed by atoms with Crippen molar-refractivity contribution in [2.45, 2.75) is 44.6 Å². The van der Waals surface area contributed by atoms with Gasteiger partial charge >= 0.3 is 18.2 Å². The second-order valence-electron chi connectivity index (χ2n) is 1.97. The maximum atomic E-state index is 3.28. The number of halogens is 1. The molecule has 0 saturated carbocycles. The first-order valence-corrected chi connectivity index (χ1v) is 9.20. The van der Waals surface area contributed by atoms with E-state index in [9.17, 15) is 0 Å². The summed E-state index contributed by atoms with van der Waals surface area (Å²) in [6, 6.07) is 0. The molecule has 0 amide bonds. The van der Waals surface area contributed by atoms with E-state index in [1.807, 2.05) is 0 Å². The minimum absolute atomic E-state index is 0.229. The molecule has 0 rings (SSSR count). The lowest BCUT2D eigenvalue weighted by molar-refractivity contribution is 0.702. The largest absolute Gasteiger partial charge is 0.465 e. The van der Waals surface area contributed by atoms with Crippen molar-refractivity contribution in [3.05, 3.63) is 0 Å². The molecule has 0 nitrogen and oxygen atoms in total. The van der Waals surface area contributed by atoms with E-state index in [0.717, 1.165) is 0 Å². The molecule has 0 N–H and O–H groups in total. The Kier molecular flexibility index (Phi) is 23.1. The Morgan fingerprint density at radius 2 is 1.33 bits per heavy atom. The van der Waals surface area contributed by atoms with Crippen LogP contribution in [0, 0.1) is 0 Å². The van der Waals surface area contributed by atoms with Crippen LogP contribution < -0.4 is 0 Å². The molecular weight excluding hydrogens is 188 g/mol. The Morgan fingerprint density at radius 3 is 1.44 bits per heavy atom. The first-order valence-electron chi connectivity index (χ1n) is 3.89. The molecule has 0 unspecified atom stereocenters. The van der Waals surface area contributed by atoms with Gasteiger partial charge in [0.25, 0.3) is 0 Å². The van der Waals surface area contributed by atoms with E-state index in [0.29, 0.717) is 0 Å². The van der Waals surface area contributed by atoms with Crippen LogP contribution in [0.25, 0.3) is 0 Å². The number of rotatable bonds is 3. The highest BCUT2D eigenvalue weighted by Crippen LogP contribution is 1.95. The summed E-state index contributed by atoms with van der Waals surface area (Å²) in [5.74, 6) is 0. The topological polar surface area (TPSA) is 0 Å². The van der Waals surface area contributed by atoms with E-state index >= 15 is 0 Å². The first kappa shape index (κ1) is 12.9. The number of unbranched alkanes of at least 4 members (excludes halogenated alkanes) is 3. The molecule has 0 radical (unpaired) electrons. The van der Waals surface area contributed by atoms with Crippen LogP contribution in [0.3, 0.4) is 0 Å². The maximum Gasteiger partial charge on any atom is 0.465 e. The van der Waals surface area contributed by atoms with Crippen molar-refractivity contribution in [2.24, 2.45) is 0 Å². The summed E-state index contributed by atoms with van der Waals surface area (Å²) in [7, 11) is 0. The second-order valence-corrected chi connectivity index (χ2v) is 5.87. The SMILES string of the molecule is CCCCCC.[CH3][Mg][Br]. The molecule has 0 heterocycles. The van der Waals surface area contributed by atoms with Crippen LogP contribution in [0.4, 0.5) is 0 Å². The van der Waals surface area contributed by atoms with Crippen molar-refractivity contribution in [3.63, 3.8) is 0 Å². The number of hydrogen-bond donors (Lipinski definition) is 0. The van der Waals surface area contributed by atoms with Crippen molar-refractivity contribution in [1.29, 1.82) is 0 Å². The molecular formula is C7H17BrMg. The van der Waals surface area contributed by atoms with Crippen LogP contribution in [0.1, 0.15) is 39.5 Å². The van der Waals surface area contributed by atoms with Gasteiger partial charge in [-0.05, 0) is 0 Å². The van der Waals surface area contributed by atoms with E-state index in [-0.39, 0.29) is 18.2 Å². The fourth-order valence-electron chi connectivity index (χ4n) is 0.500. The van der Waals surface area contributed by atoms with Gasteiger partial charge in [0, 0.05) is 0 Å². The summed E-state index contributed by atoms with van der Waals surface area (Å²) in [6.07, 6.45) is 5.54. The minimum Gasteiger partial charge on any atom is -0.307 e. The molecule has 2 heteroatoms. The normalized spacial score (nSPS) is 7.11. The van der Waals surface area contributed by atoms with Crippen LogP contribution in [0.15, 0.2) is 0 Å². The van der Waals surface area contributed by atoms with Gasteiger partial charge in [-0.15, -0.1) is 5.05 Å². The van der Waals surface area contributed by atoms with Crippen molar-refractivity contribution in [3.8, 4) is 0 Å². The first-order chi connectivity index (χ1) is 4.33. The van der Waals surface area contributed by atoms with Gasteiger partial charge in [0.2, 0.25) is 0 Å². The summed E-state index contributed by atoms with van der Waals surface area (Å²) in [5.41, 5.74) is 0. The van der Waals surface area contributed by atoms with Gasteiger partial charge in [-0.1, -0.05) is 39.5 Å². The molecule has 9 heavy (non-hydrogen) atoms. The third-order valence-electron chi connectivity index (χ3n) is 0.957. The van der Waals surface area contributed by atoms with Crippen LogP contribution in [-0.2, 0) is 0 Å². The molecule has 0 aliphatic rings. The molecule has 0 aromatic carbocycles. The zero-order valence-corrected chi connectivity index (χ0v) is 9.91. The van der Waals surface area contributed by atoms with Gasteiger partial charge in [-0.25, -0.2) is 0 Å². The van der Waals surface area contributed by atoms with Gasteiger partial charge < -0.3 is 12.9 Å². The van der Waals surface area contributed by atoms with E-state index in [4.69, 9.17) is 0 Å². The highest BCUT2D eigenvalue weighted by atomic mass is 79.9. The fourth-order valence-corrected chi connectivity index (χ4v) is 0.500. The lowest BCUT2D eigenvalue weighted by Crippen LogP contribution is -1.66. The predicted molar refractivity (Wildman–Crippen MR) is 50.4 cm³/mol. The maximum absolute atomic E-state index is 3.28. The predicted octanol–water partition coefficient (Wildman–Crippen LogP) is 3.64. The standard InChI is InChI=1S/C6H14.CH3.BrH.Mg/c1-3-5-6-4-2;;;/h3-6H2,1-2H3;1H3;1H;/q;;;+1/p-1. The zero-order chi connectivity index (χ0) is 7.54. The Balaban J connectivity index is 0. The monoisotopic (exact) mass is 204 g/mol. The summed E-state index contributed by atoms with van der Waals surface area (Å²) in [6.45, 7) is 4.46. The summed E-state index contributed by atoms with van der Waals surface area (Å²) < 4.78 is 0. The van der Waals surface area contributed by atoms with Crippen molar-refractivity contribution < 1.29 is 0 Å². The summed E-state index contributed by atoms with van der Waals surface area (Å²) in [5, 5.41) is 2.18. The van der Waals surface area contributed by atoms with Gasteiger partial charge in [-0.3, -0.25) is 0 Å². The van der Waals surface area contributed by atoms with Crippen LogP contribution in [0.5, 0.6) is 0 Å². The smallest absolute Gasteiger partial charge is 0.307 e. The van der Waals surface area contributed by atoms with Crippen LogP contribution in [-0.4, -0.2) is 18.2 Å². The van der Waals surface area contributed by atoms with E-state index in [2.05, 4.69) is 31.8 Å². The quantitative estimate of drug-likeness (QED) is 0.487. The molecule has 0 aromatic rings. The molecule has 0 fully saturated rings. The summed E-state index contributed by atoms with van der Waals surface area (Å²) in [4.78, 5) is 0. The second kappa shape index (κ2) is 16.1. The van der Waals surface area contributed by atoms with Crippen LogP contribution >= 0.6 is 12.9 Å². The Bertz CT molecular complexity index is 28.1. The lowest BCUT2D eigenvalue weighted by Gasteiger charge is -1.86. The average molecular weight is 205 g/mol. The fraction of sp³-hybridized carbons (Fsp3) is 1.00. The number of hydrogen-bond acceptors (Lipinski definition) is 0. The highest BCUT2D eigenvalue weighted by molar-refractivity contribution is 9.23. The molecule has 0 aliphatic heterocycles. The van der Waals surface area contributed by atoms with Gasteiger partial charge in [0.15, 0.2) is 0 Å². The van der Waals surface area contributed by atoms with E-state index in [1.165, 1.54) is 25.7 Å². The van der Waals surface area contributed by atoms with E-state index in [1.54, 1.807) is 0 Å². The molecule has 0 bridgehead atoms. The van der Waals surface area contributed by atoms with Crippen molar-refractivity contribution >= 4 is 31.1 Å². The summed E-state index contributed by atoms with van der Waals surface area (Å²) >= 11 is 3.51. The molecule has 0 spiro atoms. The van der Waals surface area contributed by atoms with Gasteiger partial charge in [0.1, 0.15) is 0 Å². The third-order valence-corrected chi connectivity index (χ3v) is 0.957. The Hall–Kier alpha value is 1.25.